The molecule has 0 aliphatic rings. The zero-order chi connectivity index (χ0) is 11.1. The van der Waals surface area contributed by atoms with Crippen molar-refractivity contribution in [3.05, 3.63) is 23.3 Å². The first-order valence-electron chi connectivity index (χ1n) is 4.89. The Bertz CT molecular complexity index is 280. The van der Waals surface area contributed by atoms with Crippen LogP contribution in [0.25, 0.3) is 0 Å². The molecule has 0 aliphatic carbocycles. The van der Waals surface area contributed by atoms with Crippen molar-refractivity contribution < 1.29 is 9.47 Å². The van der Waals surface area contributed by atoms with E-state index >= 15 is 0 Å². The van der Waals surface area contributed by atoms with Gasteiger partial charge >= 0.3 is 0 Å². The minimum Gasteiger partial charge on any atom is -0.496 e. The summed E-state index contributed by atoms with van der Waals surface area (Å²) in [6.45, 7) is 8.01. The molecule has 80 valence electrons. The van der Waals surface area contributed by atoms with Crippen molar-refractivity contribution in [3.8, 4) is 11.5 Å². The van der Waals surface area contributed by atoms with Gasteiger partial charge in [0.25, 0.3) is 0 Å². The van der Waals surface area contributed by atoms with Crippen LogP contribution < -0.4 is 9.47 Å². The van der Waals surface area contributed by atoms with Gasteiger partial charge in [0.1, 0.15) is 11.5 Å². The second-order valence-electron chi connectivity index (χ2n) is 2.74. The van der Waals surface area contributed by atoms with Gasteiger partial charge in [0.15, 0.2) is 0 Å². The summed E-state index contributed by atoms with van der Waals surface area (Å²) in [5.74, 6) is 1.78. The molecule has 0 heterocycles. The highest BCUT2D eigenvalue weighted by Gasteiger charge is 2.06. The maximum atomic E-state index is 5.24. The smallest absolute Gasteiger partial charge is 0.128 e. The SMILES string of the molecule is CC.COc1ccc(C)c(OC)c1C. The van der Waals surface area contributed by atoms with Crippen molar-refractivity contribution in [3.63, 3.8) is 0 Å². The maximum absolute atomic E-state index is 5.24. The van der Waals surface area contributed by atoms with E-state index in [1.54, 1.807) is 14.2 Å². The number of methoxy groups -OCH3 is 2. The molecule has 0 unspecified atom stereocenters. The van der Waals surface area contributed by atoms with Crippen LogP contribution in [0.2, 0.25) is 0 Å². The fourth-order valence-electron chi connectivity index (χ4n) is 1.34. The average molecular weight is 196 g/mol. The number of rotatable bonds is 2. The van der Waals surface area contributed by atoms with Gasteiger partial charge < -0.3 is 9.47 Å². The maximum Gasteiger partial charge on any atom is 0.128 e. The Labute approximate surface area is 86.9 Å². The predicted octanol–water partition coefficient (Wildman–Crippen LogP) is 3.35. The van der Waals surface area contributed by atoms with Gasteiger partial charge in [-0.1, -0.05) is 19.9 Å². The summed E-state index contributed by atoms with van der Waals surface area (Å²) >= 11 is 0. The molecule has 0 N–H and O–H groups in total. The number of ether oxygens (including phenoxy) is 2. The molecule has 0 bridgehead atoms. The molecule has 0 spiro atoms. The first-order valence-corrected chi connectivity index (χ1v) is 4.89. The second-order valence-corrected chi connectivity index (χ2v) is 2.74. The molecule has 0 aromatic heterocycles. The second kappa shape index (κ2) is 6.30. The summed E-state index contributed by atoms with van der Waals surface area (Å²) in [4.78, 5) is 0. The lowest BCUT2D eigenvalue weighted by molar-refractivity contribution is 0.387. The minimum atomic E-state index is 0.873. The van der Waals surface area contributed by atoms with E-state index in [-0.39, 0.29) is 0 Å². The molecule has 14 heavy (non-hydrogen) atoms. The third-order valence-electron chi connectivity index (χ3n) is 1.98. The van der Waals surface area contributed by atoms with E-state index in [1.807, 2.05) is 39.8 Å². The van der Waals surface area contributed by atoms with Crippen LogP contribution in [0.4, 0.5) is 0 Å². The molecule has 0 saturated carbocycles. The lowest BCUT2D eigenvalue weighted by atomic mass is 10.1. The predicted molar refractivity (Wildman–Crippen MR) is 60.4 cm³/mol. The molecule has 0 fully saturated rings. The third-order valence-corrected chi connectivity index (χ3v) is 1.98. The molecule has 0 aliphatic heterocycles. The normalized spacial score (nSPS) is 8.71. The van der Waals surface area contributed by atoms with Crippen LogP contribution in [-0.4, -0.2) is 14.2 Å². The van der Waals surface area contributed by atoms with Crippen LogP contribution in [0.1, 0.15) is 25.0 Å². The summed E-state index contributed by atoms with van der Waals surface area (Å²) in [5, 5.41) is 0. The fraction of sp³-hybridized carbons (Fsp3) is 0.500. The first-order chi connectivity index (χ1) is 6.70. The van der Waals surface area contributed by atoms with E-state index in [1.165, 1.54) is 0 Å². The summed E-state index contributed by atoms with van der Waals surface area (Å²) in [7, 11) is 3.34. The highest BCUT2D eigenvalue weighted by atomic mass is 16.5. The van der Waals surface area contributed by atoms with Crippen molar-refractivity contribution in [2.24, 2.45) is 0 Å². The largest absolute Gasteiger partial charge is 0.496 e. The molecule has 1 aromatic carbocycles. The van der Waals surface area contributed by atoms with Crippen molar-refractivity contribution >= 4 is 0 Å². The molecule has 0 saturated heterocycles. The van der Waals surface area contributed by atoms with Gasteiger partial charge in [0.2, 0.25) is 0 Å². The Kier molecular flexibility index (Phi) is 5.77. The number of aryl methyl sites for hydroxylation is 1. The van der Waals surface area contributed by atoms with Gasteiger partial charge in [0, 0.05) is 5.56 Å². The van der Waals surface area contributed by atoms with E-state index in [0.717, 1.165) is 22.6 Å². The van der Waals surface area contributed by atoms with Crippen LogP contribution in [0.3, 0.4) is 0 Å². The Morgan fingerprint density at radius 2 is 1.50 bits per heavy atom. The van der Waals surface area contributed by atoms with E-state index in [0.29, 0.717) is 0 Å². The summed E-state index contributed by atoms with van der Waals surface area (Å²) in [6.07, 6.45) is 0. The van der Waals surface area contributed by atoms with Crippen LogP contribution >= 0.6 is 0 Å². The molecule has 0 atom stereocenters. The van der Waals surface area contributed by atoms with Crippen molar-refractivity contribution in [2.75, 3.05) is 14.2 Å². The summed E-state index contributed by atoms with van der Waals surface area (Å²) in [5.41, 5.74) is 2.19. The lowest BCUT2D eigenvalue weighted by Gasteiger charge is -2.11. The number of hydrogen-bond acceptors (Lipinski definition) is 2. The fourth-order valence-corrected chi connectivity index (χ4v) is 1.34. The first kappa shape index (κ1) is 12.8. The molecule has 0 amide bonds. The van der Waals surface area contributed by atoms with Gasteiger partial charge in [-0.3, -0.25) is 0 Å². The number of hydrogen-bond donors (Lipinski definition) is 0. The summed E-state index contributed by atoms with van der Waals surface area (Å²) in [6, 6.07) is 3.94. The lowest BCUT2D eigenvalue weighted by Crippen LogP contribution is -1.94. The Hall–Kier alpha value is -1.18. The molecule has 2 nitrogen and oxygen atoms in total. The van der Waals surface area contributed by atoms with Gasteiger partial charge in [-0.25, -0.2) is 0 Å². The van der Waals surface area contributed by atoms with Crippen LogP contribution in [-0.2, 0) is 0 Å². The molecular formula is C12H20O2. The Balaban J connectivity index is 0.000000791. The van der Waals surface area contributed by atoms with Gasteiger partial charge in [-0.05, 0) is 25.5 Å². The topological polar surface area (TPSA) is 18.5 Å². The molecular weight excluding hydrogens is 176 g/mol. The highest BCUT2D eigenvalue weighted by molar-refractivity contribution is 5.48. The quantitative estimate of drug-likeness (QED) is 0.722. The van der Waals surface area contributed by atoms with Gasteiger partial charge in [0.05, 0.1) is 14.2 Å². The van der Waals surface area contributed by atoms with Crippen molar-refractivity contribution in [1.29, 1.82) is 0 Å². The Morgan fingerprint density at radius 3 is 1.93 bits per heavy atom. The van der Waals surface area contributed by atoms with Crippen molar-refractivity contribution in [2.45, 2.75) is 27.7 Å². The molecule has 0 radical (unpaired) electrons. The zero-order valence-electron chi connectivity index (χ0n) is 9.97. The van der Waals surface area contributed by atoms with E-state index < -0.39 is 0 Å². The molecule has 1 aromatic rings. The Morgan fingerprint density at radius 1 is 0.929 bits per heavy atom. The van der Waals surface area contributed by atoms with Crippen LogP contribution in [0.15, 0.2) is 12.1 Å². The zero-order valence-corrected chi connectivity index (χ0v) is 9.97. The van der Waals surface area contributed by atoms with Gasteiger partial charge in [-0.15, -0.1) is 0 Å². The molecule has 1 rings (SSSR count). The monoisotopic (exact) mass is 196 g/mol. The van der Waals surface area contributed by atoms with E-state index in [2.05, 4.69) is 0 Å². The standard InChI is InChI=1S/C10H14O2.C2H6/c1-7-5-6-9(11-3)8(2)10(7)12-4;1-2/h5-6H,1-4H3;1-2H3. The third kappa shape index (κ3) is 2.66. The summed E-state index contributed by atoms with van der Waals surface area (Å²) < 4.78 is 10.4. The van der Waals surface area contributed by atoms with Crippen LogP contribution in [0, 0.1) is 13.8 Å². The average Bonchev–Trinajstić information content (AvgIpc) is 2.22. The molecule has 2 heteroatoms. The van der Waals surface area contributed by atoms with Crippen molar-refractivity contribution in [1.82, 2.24) is 0 Å². The minimum absolute atomic E-state index is 0.873. The highest BCUT2D eigenvalue weighted by Crippen LogP contribution is 2.30. The van der Waals surface area contributed by atoms with Crippen LogP contribution in [0.5, 0.6) is 11.5 Å². The van der Waals surface area contributed by atoms with E-state index in [9.17, 15) is 0 Å². The van der Waals surface area contributed by atoms with Gasteiger partial charge in [-0.2, -0.15) is 0 Å². The van der Waals surface area contributed by atoms with E-state index in [4.69, 9.17) is 9.47 Å². The number of benzene rings is 1.